The number of benzene rings is 1. The summed E-state index contributed by atoms with van der Waals surface area (Å²) >= 11 is 0. The van der Waals surface area contributed by atoms with Gasteiger partial charge in [-0.15, -0.1) is 0 Å². The largest absolute Gasteiger partial charge is 0.352 e. The molecular weight excluding hydrogens is 412 g/mol. The second kappa shape index (κ2) is 13.6. The molecule has 6 nitrogen and oxygen atoms in total. The number of amides is 2. The van der Waals surface area contributed by atoms with Gasteiger partial charge in [0.2, 0.25) is 0 Å². The number of allylic oxidation sites excluding steroid dienone is 1. The van der Waals surface area contributed by atoms with Crippen LogP contribution >= 0.6 is 0 Å². The summed E-state index contributed by atoms with van der Waals surface area (Å²) in [5, 5.41) is 6.65. The highest BCUT2D eigenvalue weighted by Gasteiger charge is 2.18. The van der Waals surface area contributed by atoms with Gasteiger partial charge < -0.3 is 20.1 Å². The van der Waals surface area contributed by atoms with E-state index in [9.17, 15) is 9.59 Å². The molecule has 0 aliphatic heterocycles. The summed E-state index contributed by atoms with van der Waals surface area (Å²) in [6, 6.07) is 7.74. The molecule has 180 valence electrons. The number of unbranched alkanes of at least 4 members (excludes halogenated alkanes) is 2. The first kappa shape index (κ1) is 26.4. The lowest BCUT2D eigenvalue weighted by molar-refractivity contribution is -0.117. The molecule has 33 heavy (non-hydrogen) atoms. The zero-order chi connectivity index (χ0) is 24.2. The van der Waals surface area contributed by atoms with Gasteiger partial charge in [0.25, 0.3) is 11.8 Å². The number of nitrogens with zero attached hydrogens (tertiary/aromatic N) is 2. The van der Waals surface area contributed by atoms with Gasteiger partial charge in [0.1, 0.15) is 0 Å². The van der Waals surface area contributed by atoms with Crippen molar-refractivity contribution in [3.8, 4) is 0 Å². The molecule has 0 fully saturated rings. The minimum atomic E-state index is -0.272. The number of carbonyl (C=O) groups excluding carboxylic acids is 2. The molecule has 2 rings (SSSR count). The van der Waals surface area contributed by atoms with Crippen LogP contribution < -0.4 is 10.6 Å². The van der Waals surface area contributed by atoms with Crippen molar-refractivity contribution in [2.24, 2.45) is 7.05 Å². The highest BCUT2D eigenvalue weighted by atomic mass is 16.2. The smallest absolute Gasteiger partial charge is 0.257 e. The van der Waals surface area contributed by atoms with E-state index in [1.165, 1.54) is 25.7 Å². The Bertz CT molecular complexity index is 966. The van der Waals surface area contributed by atoms with Crippen LogP contribution in [0.1, 0.15) is 63.2 Å². The van der Waals surface area contributed by atoms with Gasteiger partial charge in [0.05, 0.1) is 11.1 Å². The monoisotopic (exact) mass is 452 g/mol. The molecule has 0 radical (unpaired) electrons. The van der Waals surface area contributed by atoms with Gasteiger partial charge in [-0.2, -0.15) is 0 Å². The van der Waals surface area contributed by atoms with Gasteiger partial charge in [-0.1, -0.05) is 57.5 Å². The van der Waals surface area contributed by atoms with Crippen LogP contribution in [0.3, 0.4) is 0 Å². The molecule has 1 aromatic heterocycles. The zero-order valence-electron chi connectivity index (χ0n) is 20.7. The third-order valence-electron chi connectivity index (χ3n) is 5.86. The Labute approximate surface area is 198 Å². The highest BCUT2D eigenvalue weighted by Crippen LogP contribution is 2.20. The van der Waals surface area contributed by atoms with Gasteiger partial charge in [0.15, 0.2) is 0 Å². The summed E-state index contributed by atoms with van der Waals surface area (Å²) in [6.07, 6.45) is 9.17. The van der Waals surface area contributed by atoms with E-state index in [0.29, 0.717) is 23.4 Å². The second-order valence-corrected chi connectivity index (χ2v) is 8.46. The maximum atomic E-state index is 12.9. The van der Waals surface area contributed by atoms with Crippen LogP contribution in [-0.2, 0) is 11.8 Å². The minimum Gasteiger partial charge on any atom is -0.352 e. The van der Waals surface area contributed by atoms with Crippen LogP contribution in [0.25, 0.3) is 10.9 Å². The number of rotatable bonds is 14. The standard InChI is InChI=1S/C27H40N4O2/c1-6-9-17-31(18-10-7-2)19-13-16-28-26(32)22(8-3)21(4)29-27(33)24-20-30(5)25-15-12-11-14-23(24)25/h8,11-12,14-15,20H,4,6-7,9-10,13,16-19H2,1-3,5H3,(H,28,32)(H,29,33)/b22-8+. The summed E-state index contributed by atoms with van der Waals surface area (Å²) in [7, 11) is 1.91. The fourth-order valence-corrected chi connectivity index (χ4v) is 3.94. The molecule has 6 heteroatoms. The van der Waals surface area contributed by atoms with E-state index in [4.69, 9.17) is 0 Å². The average molecular weight is 453 g/mol. The fraction of sp³-hybridized carbons (Fsp3) is 0.481. The van der Waals surface area contributed by atoms with E-state index in [1.807, 2.05) is 35.9 Å². The maximum Gasteiger partial charge on any atom is 0.257 e. The first-order valence-corrected chi connectivity index (χ1v) is 12.1. The van der Waals surface area contributed by atoms with Crippen molar-refractivity contribution in [2.75, 3.05) is 26.2 Å². The molecule has 0 unspecified atom stereocenters. The van der Waals surface area contributed by atoms with Crippen LogP contribution in [-0.4, -0.2) is 47.5 Å². The summed E-state index contributed by atoms with van der Waals surface area (Å²) in [5.41, 5.74) is 2.23. The molecule has 1 heterocycles. The fourth-order valence-electron chi connectivity index (χ4n) is 3.94. The number of hydrogen-bond acceptors (Lipinski definition) is 3. The third kappa shape index (κ3) is 7.60. The van der Waals surface area contributed by atoms with Crippen molar-refractivity contribution >= 4 is 22.7 Å². The van der Waals surface area contributed by atoms with Crippen molar-refractivity contribution in [1.82, 2.24) is 20.1 Å². The van der Waals surface area contributed by atoms with E-state index < -0.39 is 0 Å². The summed E-state index contributed by atoms with van der Waals surface area (Å²) in [5.74, 6) is -0.485. The minimum absolute atomic E-state index is 0.214. The van der Waals surface area contributed by atoms with E-state index in [0.717, 1.165) is 37.0 Å². The zero-order valence-corrected chi connectivity index (χ0v) is 20.7. The van der Waals surface area contributed by atoms with Crippen LogP contribution in [0.4, 0.5) is 0 Å². The topological polar surface area (TPSA) is 66.4 Å². The molecule has 0 atom stereocenters. The van der Waals surface area contributed by atoms with Crippen molar-refractivity contribution in [3.05, 3.63) is 60.0 Å². The lowest BCUT2D eigenvalue weighted by atomic mass is 10.1. The van der Waals surface area contributed by atoms with Crippen LogP contribution in [0.5, 0.6) is 0 Å². The van der Waals surface area contributed by atoms with Gasteiger partial charge >= 0.3 is 0 Å². The molecule has 0 bridgehead atoms. The second-order valence-electron chi connectivity index (χ2n) is 8.46. The molecule has 0 saturated heterocycles. The van der Waals surface area contributed by atoms with Gasteiger partial charge in [-0.25, -0.2) is 0 Å². The molecule has 2 N–H and O–H groups in total. The third-order valence-corrected chi connectivity index (χ3v) is 5.86. The number of carbonyl (C=O) groups is 2. The van der Waals surface area contributed by atoms with Crippen molar-refractivity contribution in [2.45, 2.75) is 52.9 Å². The molecule has 2 amide bonds. The number of fused-ring (bicyclic) bond motifs is 1. The molecular formula is C27H40N4O2. The number of nitrogens with one attached hydrogen (secondary N) is 2. The number of aromatic nitrogens is 1. The van der Waals surface area contributed by atoms with Crippen molar-refractivity contribution in [1.29, 1.82) is 0 Å². The first-order valence-electron chi connectivity index (χ1n) is 12.1. The first-order chi connectivity index (χ1) is 15.9. The van der Waals surface area contributed by atoms with E-state index >= 15 is 0 Å². The Kier molecular flexibility index (Phi) is 10.9. The average Bonchev–Trinajstić information content (AvgIpc) is 3.15. The molecule has 0 aliphatic rings. The van der Waals surface area contributed by atoms with Crippen LogP contribution in [0, 0.1) is 0 Å². The summed E-state index contributed by atoms with van der Waals surface area (Å²) < 4.78 is 1.92. The SMILES string of the molecule is C=C(NC(=O)c1cn(C)c2ccccc12)/C(=C\C)C(=O)NCCCN(CCCC)CCCC. The number of para-hydroxylation sites is 1. The predicted molar refractivity (Wildman–Crippen MR) is 137 cm³/mol. The van der Waals surface area contributed by atoms with Crippen molar-refractivity contribution < 1.29 is 9.59 Å². The summed E-state index contributed by atoms with van der Waals surface area (Å²) in [6.45, 7) is 13.9. The molecule has 1 aromatic carbocycles. The predicted octanol–water partition coefficient (Wildman–Crippen LogP) is 4.78. The Morgan fingerprint density at radius 2 is 1.70 bits per heavy atom. The normalized spacial score (nSPS) is 11.7. The lowest BCUT2D eigenvalue weighted by Gasteiger charge is -2.22. The molecule has 0 saturated carbocycles. The van der Waals surface area contributed by atoms with E-state index in [-0.39, 0.29) is 11.8 Å². The highest BCUT2D eigenvalue weighted by molar-refractivity contribution is 6.08. The van der Waals surface area contributed by atoms with Gasteiger partial charge in [-0.3, -0.25) is 9.59 Å². The van der Waals surface area contributed by atoms with Crippen LogP contribution in [0.15, 0.2) is 54.4 Å². The molecule has 0 spiro atoms. The Morgan fingerprint density at radius 1 is 1.06 bits per heavy atom. The summed E-state index contributed by atoms with van der Waals surface area (Å²) in [4.78, 5) is 28.1. The Hall–Kier alpha value is -2.86. The number of aryl methyl sites for hydroxylation is 1. The lowest BCUT2D eigenvalue weighted by Crippen LogP contribution is -2.34. The van der Waals surface area contributed by atoms with Gasteiger partial charge in [-0.05, 0) is 51.9 Å². The Morgan fingerprint density at radius 3 is 2.33 bits per heavy atom. The van der Waals surface area contributed by atoms with Gasteiger partial charge in [0, 0.05) is 36.4 Å². The van der Waals surface area contributed by atoms with Crippen LogP contribution in [0.2, 0.25) is 0 Å². The Balaban J connectivity index is 1.88. The molecule has 2 aromatic rings. The number of hydrogen-bond donors (Lipinski definition) is 2. The van der Waals surface area contributed by atoms with E-state index in [1.54, 1.807) is 19.2 Å². The van der Waals surface area contributed by atoms with Crippen molar-refractivity contribution in [3.63, 3.8) is 0 Å². The molecule has 0 aliphatic carbocycles. The maximum absolute atomic E-state index is 12.9. The quantitative estimate of drug-likeness (QED) is 0.246. The van der Waals surface area contributed by atoms with E-state index in [2.05, 4.69) is 36.0 Å².